The zero-order chi connectivity index (χ0) is 9.56. The lowest BCUT2D eigenvalue weighted by Crippen LogP contribution is -2.23. The number of allylic oxidation sites excluding steroid dienone is 1. The van der Waals surface area contributed by atoms with E-state index in [-0.39, 0.29) is 0 Å². The van der Waals surface area contributed by atoms with Gasteiger partial charge in [0.2, 0.25) is 0 Å². The van der Waals surface area contributed by atoms with E-state index >= 15 is 0 Å². The Hall–Kier alpha value is -0.300. The maximum absolute atomic E-state index is 3.31. The Labute approximate surface area is 77.2 Å². The largest absolute Gasteiger partial charge is 0.314 e. The Bertz CT molecular complexity index is 132. The van der Waals surface area contributed by atoms with Crippen molar-refractivity contribution in [1.29, 1.82) is 0 Å². The molecule has 0 amide bonds. The van der Waals surface area contributed by atoms with Crippen LogP contribution in [0.15, 0.2) is 11.6 Å². The molecule has 1 N–H and O–H groups in total. The van der Waals surface area contributed by atoms with Gasteiger partial charge in [0.05, 0.1) is 0 Å². The molecule has 0 aromatic heterocycles. The van der Waals surface area contributed by atoms with E-state index in [2.05, 4.69) is 39.1 Å². The molecular weight excluding hydrogens is 146 g/mol. The number of hydrogen-bond donors (Lipinski definition) is 1. The maximum atomic E-state index is 3.31. The van der Waals surface area contributed by atoms with Gasteiger partial charge in [0.25, 0.3) is 0 Å². The molecule has 1 heteroatoms. The molecule has 0 aromatic carbocycles. The highest BCUT2D eigenvalue weighted by Crippen LogP contribution is 2.08. The highest BCUT2D eigenvalue weighted by Gasteiger charge is 2.02. The average molecular weight is 169 g/mol. The summed E-state index contributed by atoms with van der Waals surface area (Å²) in [6.45, 7) is 8.85. The van der Waals surface area contributed by atoms with Crippen molar-refractivity contribution in [3.63, 3.8) is 0 Å². The molecule has 0 heterocycles. The minimum Gasteiger partial charge on any atom is -0.314 e. The summed E-state index contributed by atoms with van der Waals surface area (Å²) in [6, 6.07) is 0.567. The number of rotatable bonds is 5. The van der Waals surface area contributed by atoms with Gasteiger partial charge in [-0.25, -0.2) is 0 Å². The van der Waals surface area contributed by atoms with Crippen LogP contribution in [-0.4, -0.2) is 13.1 Å². The van der Waals surface area contributed by atoms with Crippen molar-refractivity contribution in [3.05, 3.63) is 11.6 Å². The molecular formula is C11H23N. The van der Waals surface area contributed by atoms with Gasteiger partial charge in [-0.2, -0.15) is 0 Å². The zero-order valence-electron chi connectivity index (χ0n) is 9.15. The van der Waals surface area contributed by atoms with E-state index in [9.17, 15) is 0 Å². The Kier molecular flexibility index (Phi) is 6.09. The molecule has 0 bridgehead atoms. The molecule has 0 aromatic rings. The van der Waals surface area contributed by atoms with Gasteiger partial charge in [0.1, 0.15) is 0 Å². The quantitative estimate of drug-likeness (QED) is 0.624. The topological polar surface area (TPSA) is 12.0 Å². The van der Waals surface area contributed by atoms with Crippen LogP contribution in [0, 0.1) is 5.92 Å². The van der Waals surface area contributed by atoms with Crippen LogP contribution in [0.2, 0.25) is 0 Å². The van der Waals surface area contributed by atoms with E-state index in [1.54, 1.807) is 0 Å². The summed E-state index contributed by atoms with van der Waals surface area (Å²) >= 11 is 0. The summed E-state index contributed by atoms with van der Waals surface area (Å²) in [6.07, 6.45) is 4.86. The molecule has 0 spiro atoms. The van der Waals surface area contributed by atoms with Crippen LogP contribution >= 0.6 is 0 Å². The molecule has 1 atom stereocenters. The first-order valence-electron chi connectivity index (χ1n) is 4.88. The highest BCUT2D eigenvalue weighted by molar-refractivity contribution is 5.00. The van der Waals surface area contributed by atoms with E-state index in [0.29, 0.717) is 6.04 Å². The summed E-state index contributed by atoms with van der Waals surface area (Å²) in [5.41, 5.74) is 1.40. The molecule has 0 aliphatic heterocycles. The van der Waals surface area contributed by atoms with Gasteiger partial charge in [-0.3, -0.25) is 0 Å². The first kappa shape index (κ1) is 11.7. The molecule has 0 rings (SSSR count). The minimum atomic E-state index is 0.567. The second kappa shape index (κ2) is 6.24. The fourth-order valence-corrected chi connectivity index (χ4v) is 1.23. The Balaban J connectivity index is 3.76. The minimum absolute atomic E-state index is 0.567. The van der Waals surface area contributed by atoms with Gasteiger partial charge in [-0.05, 0) is 39.7 Å². The smallest absolute Gasteiger partial charge is 0.0249 e. The van der Waals surface area contributed by atoms with Crippen molar-refractivity contribution >= 4 is 0 Å². The number of hydrogen-bond acceptors (Lipinski definition) is 1. The number of likely N-dealkylation sites (N-methyl/N-ethyl adjacent to an activating group) is 1. The van der Waals surface area contributed by atoms with Crippen LogP contribution in [0.1, 0.15) is 40.5 Å². The Morgan fingerprint density at radius 2 is 1.83 bits per heavy atom. The predicted molar refractivity (Wildman–Crippen MR) is 56.4 cm³/mol. The van der Waals surface area contributed by atoms with Gasteiger partial charge >= 0.3 is 0 Å². The Morgan fingerprint density at radius 1 is 1.25 bits per heavy atom. The molecule has 12 heavy (non-hydrogen) atoms. The van der Waals surface area contributed by atoms with E-state index in [4.69, 9.17) is 0 Å². The van der Waals surface area contributed by atoms with E-state index in [1.165, 1.54) is 18.4 Å². The molecule has 0 fully saturated rings. The van der Waals surface area contributed by atoms with E-state index < -0.39 is 0 Å². The van der Waals surface area contributed by atoms with E-state index in [1.807, 2.05) is 7.05 Å². The molecule has 1 nitrogen and oxygen atoms in total. The molecule has 0 aliphatic rings. The standard InChI is InChI=1S/C11H23N/c1-9(2)6-7-11(12-5)8-10(3)4/h8-9,11-12H,6-7H2,1-5H3. The molecule has 0 saturated carbocycles. The lowest BCUT2D eigenvalue weighted by molar-refractivity contribution is 0.498. The number of nitrogens with one attached hydrogen (secondary N) is 1. The lowest BCUT2D eigenvalue weighted by atomic mass is 10.0. The predicted octanol–water partition coefficient (Wildman–Crippen LogP) is 2.98. The van der Waals surface area contributed by atoms with Crippen molar-refractivity contribution in [2.45, 2.75) is 46.6 Å². The molecule has 72 valence electrons. The SMILES string of the molecule is CNC(C=C(C)C)CCC(C)C. The van der Waals surface area contributed by atoms with Crippen molar-refractivity contribution in [1.82, 2.24) is 5.32 Å². The fraction of sp³-hybridized carbons (Fsp3) is 0.818. The Morgan fingerprint density at radius 3 is 2.17 bits per heavy atom. The summed E-state index contributed by atoms with van der Waals surface area (Å²) < 4.78 is 0. The summed E-state index contributed by atoms with van der Waals surface area (Å²) in [5, 5.41) is 3.31. The van der Waals surface area contributed by atoms with Crippen molar-refractivity contribution in [3.8, 4) is 0 Å². The maximum Gasteiger partial charge on any atom is 0.0249 e. The normalized spacial score (nSPS) is 13.2. The monoisotopic (exact) mass is 169 g/mol. The van der Waals surface area contributed by atoms with Crippen LogP contribution < -0.4 is 5.32 Å². The third-order valence-electron chi connectivity index (χ3n) is 1.96. The van der Waals surface area contributed by atoms with Crippen molar-refractivity contribution in [2.24, 2.45) is 5.92 Å². The zero-order valence-corrected chi connectivity index (χ0v) is 9.15. The fourth-order valence-electron chi connectivity index (χ4n) is 1.23. The van der Waals surface area contributed by atoms with Crippen LogP contribution in [0.3, 0.4) is 0 Å². The van der Waals surface area contributed by atoms with Crippen LogP contribution in [0.25, 0.3) is 0 Å². The lowest BCUT2D eigenvalue weighted by Gasteiger charge is -2.13. The third-order valence-corrected chi connectivity index (χ3v) is 1.96. The first-order valence-corrected chi connectivity index (χ1v) is 4.88. The molecule has 1 unspecified atom stereocenters. The van der Waals surface area contributed by atoms with Gasteiger partial charge in [0.15, 0.2) is 0 Å². The third kappa shape index (κ3) is 6.41. The summed E-state index contributed by atoms with van der Waals surface area (Å²) in [4.78, 5) is 0. The van der Waals surface area contributed by atoms with Gasteiger partial charge in [0, 0.05) is 6.04 Å². The van der Waals surface area contributed by atoms with E-state index in [0.717, 1.165) is 5.92 Å². The first-order chi connectivity index (χ1) is 5.56. The van der Waals surface area contributed by atoms with Gasteiger partial charge in [-0.15, -0.1) is 0 Å². The highest BCUT2D eigenvalue weighted by atomic mass is 14.9. The van der Waals surface area contributed by atoms with Gasteiger partial charge < -0.3 is 5.32 Å². The molecule has 0 aliphatic carbocycles. The second-order valence-corrected chi connectivity index (χ2v) is 4.11. The van der Waals surface area contributed by atoms with Crippen molar-refractivity contribution in [2.75, 3.05) is 7.05 Å². The molecule has 0 saturated heterocycles. The second-order valence-electron chi connectivity index (χ2n) is 4.11. The van der Waals surface area contributed by atoms with Crippen LogP contribution in [-0.2, 0) is 0 Å². The average Bonchev–Trinajstić information content (AvgIpc) is 1.97. The van der Waals surface area contributed by atoms with Crippen LogP contribution in [0.4, 0.5) is 0 Å². The van der Waals surface area contributed by atoms with Crippen molar-refractivity contribution < 1.29 is 0 Å². The molecule has 0 radical (unpaired) electrons. The summed E-state index contributed by atoms with van der Waals surface area (Å²) in [7, 11) is 2.03. The van der Waals surface area contributed by atoms with Crippen LogP contribution in [0.5, 0.6) is 0 Å². The van der Waals surface area contributed by atoms with Gasteiger partial charge in [-0.1, -0.05) is 25.5 Å². The summed E-state index contributed by atoms with van der Waals surface area (Å²) in [5.74, 6) is 0.811.